The number of hydrogen-bond acceptors (Lipinski definition) is 2. The third-order valence-electron chi connectivity index (χ3n) is 3.08. The molecular weight excluding hydrogens is 236 g/mol. The number of hydrogen-bond donors (Lipinski definition) is 0. The number of rotatable bonds is 3. The maximum absolute atomic E-state index is 11.7. The molecule has 1 aromatic heterocycles. The molecule has 0 saturated heterocycles. The van der Waals surface area contributed by atoms with Crippen LogP contribution in [-0.2, 0) is 12.0 Å². The van der Waals surface area contributed by atoms with E-state index in [0.717, 1.165) is 11.3 Å². The van der Waals surface area contributed by atoms with Crippen LogP contribution in [0.3, 0.4) is 0 Å². The first-order valence-corrected chi connectivity index (χ1v) is 6.51. The van der Waals surface area contributed by atoms with Crippen LogP contribution in [0.2, 0.25) is 0 Å². The minimum Gasteiger partial charge on any atom is -0.293 e. The van der Waals surface area contributed by atoms with Gasteiger partial charge in [-0.1, -0.05) is 51.1 Å². The third-order valence-corrected chi connectivity index (χ3v) is 3.08. The Morgan fingerprint density at radius 3 is 2.37 bits per heavy atom. The molecule has 19 heavy (non-hydrogen) atoms. The van der Waals surface area contributed by atoms with E-state index < -0.39 is 0 Å². The standard InChI is InChI=1S/C16H20N2O/c1-12(19)14-10-15(16(2,3)4)17-18(14)11-13-8-6-5-7-9-13/h5-10H,11H2,1-4H3. The van der Waals surface area contributed by atoms with Gasteiger partial charge in [0.05, 0.1) is 12.2 Å². The van der Waals surface area contributed by atoms with Crippen molar-refractivity contribution in [3.8, 4) is 0 Å². The molecule has 0 atom stereocenters. The Balaban J connectivity index is 2.39. The fourth-order valence-electron chi connectivity index (χ4n) is 1.94. The first-order valence-electron chi connectivity index (χ1n) is 6.51. The lowest BCUT2D eigenvalue weighted by atomic mass is 9.92. The highest BCUT2D eigenvalue weighted by atomic mass is 16.1. The minimum atomic E-state index is -0.0495. The summed E-state index contributed by atoms with van der Waals surface area (Å²) in [6, 6.07) is 12.0. The van der Waals surface area contributed by atoms with Crippen molar-refractivity contribution in [3.63, 3.8) is 0 Å². The van der Waals surface area contributed by atoms with Gasteiger partial charge in [0.1, 0.15) is 5.69 Å². The lowest BCUT2D eigenvalue weighted by Gasteiger charge is -2.14. The van der Waals surface area contributed by atoms with E-state index in [2.05, 4.69) is 25.9 Å². The Bertz CT molecular complexity index is 577. The largest absolute Gasteiger partial charge is 0.293 e. The molecule has 0 bridgehead atoms. The molecule has 0 amide bonds. The van der Waals surface area contributed by atoms with Gasteiger partial charge in [-0.05, 0) is 11.6 Å². The van der Waals surface area contributed by atoms with Crippen molar-refractivity contribution in [1.82, 2.24) is 9.78 Å². The molecule has 0 saturated carbocycles. The van der Waals surface area contributed by atoms with Crippen molar-refractivity contribution in [2.75, 3.05) is 0 Å². The number of aromatic nitrogens is 2. The summed E-state index contributed by atoms with van der Waals surface area (Å²) in [5.74, 6) is 0.0546. The quantitative estimate of drug-likeness (QED) is 0.789. The van der Waals surface area contributed by atoms with E-state index in [9.17, 15) is 4.79 Å². The van der Waals surface area contributed by atoms with E-state index in [0.29, 0.717) is 12.2 Å². The SMILES string of the molecule is CC(=O)c1cc(C(C)(C)C)nn1Cc1ccccc1. The zero-order chi connectivity index (χ0) is 14.0. The molecule has 2 rings (SSSR count). The maximum atomic E-state index is 11.7. The van der Waals surface area contributed by atoms with Crippen LogP contribution in [0.1, 0.15) is 49.4 Å². The van der Waals surface area contributed by atoms with Gasteiger partial charge >= 0.3 is 0 Å². The van der Waals surface area contributed by atoms with Crippen LogP contribution < -0.4 is 0 Å². The van der Waals surface area contributed by atoms with Crippen molar-refractivity contribution >= 4 is 5.78 Å². The highest BCUT2D eigenvalue weighted by molar-refractivity contribution is 5.92. The molecule has 3 nitrogen and oxygen atoms in total. The number of benzene rings is 1. The topological polar surface area (TPSA) is 34.9 Å². The fourth-order valence-corrected chi connectivity index (χ4v) is 1.94. The van der Waals surface area contributed by atoms with Crippen LogP contribution in [0.4, 0.5) is 0 Å². The second-order valence-corrected chi connectivity index (χ2v) is 5.86. The molecule has 2 aromatic rings. The van der Waals surface area contributed by atoms with Crippen molar-refractivity contribution in [2.45, 2.75) is 39.7 Å². The van der Waals surface area contributed by atoms with Crippen LogP contribution >= 0.6 is 0 Å². The monoisotopic (exact) mass is 256 g/mol. The van der Waals surface area contributed by atoms with E-state index in [1.807, 2.05) is 36.4 Å². The molecule has 100 valence electrons. The lowest BCUT2D eigenvalue weighted by molar-refractivity contribution is 0.100. The molecular formula is C16H20N2O. The van der Waals surface area contributed by atoms with Crippen LogP contribution in [-0.4, -0.2) is 15.6 Å². The third kappa shape index (κ3) is 3.11. The molecule has 0 aliphatic rings. The van der Waals surface area contributed by atoms with Gasteiger partial charge < -0.3 is 0 Å². The van der Waals surface area contributed by atoms with Gasteiger partial charge in [0.2, 0.25) is 0 Å². The summed E-state index contributed by atoms with van der Waals surface area (Å²) in [6.45, 7) is 8.53. The molecule has 0 N–H and O–H groups in total. The molecule has 3 heteroatoms. The number of carbonyl (C=O) groups excluding carboxylic acids is 1. The Kier molecular flexibility index (Phi) is 3.56. The van der Waals surface area contributed by atoms with Crippen LogP contribution in [0, 0.1) is 0 Å². The summed E-state index contributed by atoms with van der Waals surface area (Å²) in [6.07, 6.45) is 0. The predicted octanol–water partition coefficient (Wildman–Crippen LogP) is 3.43. The Hall–Kier alpha value is -1.90. The molecule has 0 fully saturated rings. The summed E-state index contributed by atoms with van der Waals surface area (Å²) in [5.41, 5.74) is 2.72. The van der Waals surface area contributed by atoms with Gasteiger partial charge in [-0.15, -0.1) is 0 Å². The van der Waals surface area contributed by atoms with Crippen LogP contribution in [0.15, 0.2) is 36.4 Å². The molecule has 0 unspecified atom stereocenters. The zero-order valence-electron chi connectivity index (χ0n) is 12.0. The number of ketones is 1. The highest BCUT2D eigenvalue weighted by Crippen LogP contribution is 2.22. The molecule has 1 heterocycles. The van der Waals surface area contributed by atoms with Crippen molar-refractivity contribution in [1.29, 1.82) is 0 Å². The first-order chi connectivity index (χ1) is 8.88. The summed E-state index contributed by atoms with van der Waals surface area (Å²) in [4.78, 5) is 11.7. The number of carbonyl (C=O) groups is 1. The molecule has 0 aliphatic heterocycles. The van der Waals surface area contributed by atoms with Gasteiger partial charge in [0, 0.05) is 12.3 Å². The van der Waals surface area contributed by atoms with Crippen molar-refractivity contribution < 1.29 is 4.79 Å². The Morgan fingerprint density at radius 1 is 1.21 bits per heavy atom. The second kappa shape index (κ2) is 5.00. The van der Waals surface area contributed by atoms with Crippen molar-refractivity contribution in [3.05, 3.63) is 53.3 Å². The average molecular weight is 256 g/mol. The fraction of sp³-hybridized carbons (Fsp3) is 0.375. The molecule has 0 spiro atoms. The van der Waals surface area contributed by atoms with Gasteiger partial charge in [-0.2, -0.15) is 5.10 Å². The average Bonchev–Trinajstić information content (AvgIpc) is 2.74. The van der Waals surface area contributed by atoms with Crippen molar-refractivity contribution in [2.24, 2.45) is 0 Å². The van der Waals surface area contributed by atoms with E-state index in [1.165, 1.54) is 0 Å². The summed E-state index contributed by atoms with van der Waals surface area (Å²) < 4.78 is 1.80. The number of nitrogens with zero attached hydrogens (tertiary/aromatic N) is 2. The molecule has 1 aromatic carbocycles. The maximum Gasteiger partial charge on any atom is 0.177 e. The van der Waals surface area contributed by atoms with Gasteiger partial charge in [0.25, 0.3) is 0 Å². The zero-order valence-corrected chi connectivity index (χ0v) is 12.0. The van der Waals surface area contributed by atoms with E-state index >= 15 is 0 Å². The van der Waals surface area contributed by atoms with Crippen LogP contribution in [0.5, 0.6) is 0 Å². The summed E-state index contributed by atoms with van der Waals surface area (Å²) in [5, 5.41) is 4.59. The minimum absolute atomic E-state index is 0.0495. The lowest BCUT2D eigenvalue weighted by Crippen LogP contribution is -2.13. The predicted molar refractivity (Wildman–Crippen MR) is 76.5 cm³/mol. The van der Waals surface area contributed by atoms with Gasteiger partial charge in [-0.3, -0.25) is 9.48 Å². The Labute approximate surface area is 114 Å². The smallest absolute Gasteiger partial charge is 0.177 e. The van der Waals surface area contributed by atoms with E-state index in [4.69, 9.17) is 0 Å². The van der Waals surface area contributed by atoms with Gasteiger partial charge in [-0.25, -0.2) is 0 Å². The van der Waals surface area contributed by atoms with E-state index in [1.54, 1.807) is 11.6 Å². The number of Topliss-reactive ketones (excluding diaryl/α,β-unsaturated/α-hetero) is 1. The summed E-state index contributed by atoms with van der Waals surface area (Å²) in [7, 11) is 0. The highest BCUT2D eigenvalue weighted by Gasteiger charge is 2.21. The first kappa shape index (κ1) is 13.5. The normalized spacial score (nSPS) is 11.6. The molecule has 0 radical (unpaired) electrons. The second-order valence-electron chi connectivity index (χ2n) is 5.86. The van der Waals surface area contributed by atoms with E-state index in [-0.39, 0.29) is 11.2 Å². The summed E-state index contributed by atoms with van der Waals surface area (Å²) >= 11 is 0. The van der Waals surface area contributed by atoms with Gasteiger partial charge in [0.15, 0.2) is 5.78 Å². The Morgan fingerprint density at radius 2 is 1.84 bits per heavy atom. The molecule has 0 aliphatic carbocycles. The van der Waals surface area contributed by atoms with Crippen LogP contribution in [0.25, 0.3) is 0 Å².